The van der Waals surface area contributed by atoms with Gasteiger partial charge in [-0.1, -0.05) is 32.4 Å². The highest BCUT2D eigenvalue weighted by atomic mass is 35.5. The summed E-state index contributed by atoms with van der Waals surface area (Å²) in [6.45, 7) is 10.6. The highest BCUT2D eigenvalue weighted by Gasteiger charge is 2.15. The van der Waals surface area contributed by atoms with E-state index in [-0.39, 0.29) is 0 Å². The lowest BCUT2D eigenvalue weighted by Gasteiger charge is -2.27. The second-order valence-electron chi connectivity index (χ2n) is 5.45. The second-order valence-corrected chi connectivity index (χ2v) is 5.86. The van der Waals surface area contributed by atoms with Crippen molar-refractivity contribution in [1.29, 1.82) is 0 Å². The van der Waals surface area contributed by atoms with Gasteiger partial charge in [-0.05, 0) is 38.4 Å². The SMILES string of the molecule is CCCNc1ccc(Cl)c(CN(C)C(C)C(C)C)n1. The molecule has 0 saturated carbocycles. The monoisotopic (exact) mass is 283 g/mol. The Kier molecular flexibility index (Phi) is 6.59. The Morgan fingerprint density at radius 1 is 1.32 bits per heavy atom. The van der Waals surface area contributed by atoms with Gasteiger partial charge in [0.1, 0.15) is 5.82 Å². The normalized spacial score (nSPS) is 13.1. The summed E-state index contributed by atoms with van der Waals surface area (Å²) in [6.07, 6.45) is 1.09. The first kappa shape index (κ1) is 16.3. The van der Waals surface area contributed by atoms with E-state index in [4.69, 9.17) is 11.6 Å². The molecule has 1 heterocycles. The van der Waals surface area contributed by atoms with Crippen molar-refractivity contribution in [3.8, 4) is 0 Å². The number of rotatable bonds is 7. The average Bonchev–Trinajstić information content (AvgIpc) is 2.38. The van der Waals surface area contributed by atoms with E-state index in [2.05, 4.69) is 49.9 Å². The molecular weight excluding hydrogens is 258 g/mol. The fraction of sp³-hybridized carbons (Fsp3) is 0.667. The summed E-state index contributed by atoms with van der Waals surface area (Å²) in [4.78, 5) is 6.90. The summed E-state index contributed by atoms with van der Waals surface area (Å²) in [6, 6.07) is 4.37. The maximum absolute atomic E-state index is 6.24. The third-order valence-electron chi connectivity index (χ3n) is 3.53. The van der Waals surface area contributed by atoms with Crippen LogP contribution in [0.15, 0.2) is 12.1 Å². The van der Waals surface area contributed by atoms with Crippen molar-refractivity contribution in [1.82, 2.24) is 9.88 Å². The van der Waals surface area contributed by atoms with Gasteiger partial charge < -0.3 is 5.32 Å². The molecule has 0 radical (unpaired) electrons. The van der Waals surface area contributed by atoms with Crippen LogP contribution < -0.4 is 5.32 Å². The van der Waals surface area contributed by atoms with E-state index in [1.807, 2.05) is 12.1 Å². The maximum Gasteiger partial charge on any atom is 0.126 e. The fourth-order valence-electron chi connectivity index (χ4n) is 1.84. The molecule has 3 nitrogen and oxygen atoms in total. The number of aromatic nitrogens is 1. The standard InChI is InChI=1S/C15H26ClN3/c1-6-9-17-15-8-7-13(16)14(18-15)10-19(5)12(4)11(2)3/h7-8,11-12H,6,9-10H2,1-5H3,(H,17,18). The quantitative estimate of drug-likeness (QED) is 0.819. The Morgan fingerprint density at radius 3 is 2.58 bits per heavy atom. The molecule has 0 aliphatic heterocycles. The summed E-state index contributed by atoms with van der Waals surface area (Å²) in [7, 11) is 2.12. The molecule has 0 amide bonds. The molecule has 19 heavy (non-hydrogen) atoms. The summed E-state index contributed by atoms with van der Waals surface area (Å²) < 4.78 is 0. The first-order chi connectivity index (χ1) is 8.95. The van der Waals surface area contributed by atoms with Crippen LogP contribution in [0.5, 0.6) is 0 Å². The van der Waals surface area contributed by atoms with Gasteiger partial charge in [-0.25, -0.2) is 4.98 Å². The molecule has 0 bridgehead atoms. The van der Waals surface area contributed by atoms with Gasteiger partial charge in [-0.3, -0.25) is 4.90 Å². The molecule has 0 aromatic carbocycles. The molecule has 0 aliphatic carbocycles. The van der Waals surface area contributed by atoms with E-state index < -0.39 is 0 Å². The van der Waals surface area contributed by atoms with Crippen molar-refractivity contribution < 1.29 is 0 Å². The smallest absolute Gasteiger partial charge is 0.126 e. The molecule has 0 fully saturated rings. The number of halogens is 1. The number of anilines is 1. The molecule has 1 rings (SSSR count). The number of hydrogen-bond acceptors (Lipinski definition) is 3. The molecule has 0 spiro atoms. The highest BCUT2D eigenvalue weighted by Crippen LogP contribution is 2.20. The van der Waals surface area contributed by atoms with E-state index in [1.54, 1.807) is 0 Å². The van der Waals surface area contributed by atoms with Crippen LogP contribution in [0.1, 0.15) is 39.8 Å². The molecule has 1 aromatic rings. The third-order valence-corrected chi connectivity index (χ3v) is 3.88. The van der Waals surface area contributed by atoms with Crippen molar-refractivity contribution in [2.75, 3.05) is 18.9 Å². The Morgan fingerprint density at radius 2 is 2.00 bits per heavy atom. The van der Waals surface area contributed by atoms with E-state index >= 15 is 0 Å². The van der Waals surface area contributed by atoms with Crippen LogP contribution in [0.3, 0.4) is 0 Å². The Hall–Kier alpha value is -0.800. The molecule has 4 heteroatoms. The molecule has 1 N–H and O–H groups in total. The van der Waals surface area contributed by atoms with Crippen molar-refractivity contribution in [2.24, 2.45) is 5.92 Å². The fourth-order valence-corrected chi connectivity index (χ4v) is 2.00. The van der Waals surface area contributed by atoms with Gasteiger partial charge >= 0.3 is 0 Å². The van der Waals surface area contributed by atoms with Gasteiger partial charge in [0, 0.05) is 19.1 Å². The number of hydrogen-bond donors (Lipinski definition) is 1. The van der Waals surface area contributed by atoms with Gasteiger partial charge in [0.05, 0.1) is 10.7 Å². The topological polar surface area (TPSA) is 28.2 Å². The van der Waals surface area contributed by atoms with Crippen LogP contribution in [-0.2, 0) is 6.54 Å². The number of pyridine rings is 1. The maximum atomic E-state index is 6.24. The summed E-state index contributed by atoms with van der Waals surface area (Å²) in [5.74, 6) is 1.53. The molecule has 1 aromatic heterocycles. The van der Waals surface area contributed by atoms with Gasteiger partial charge in [0.2, 0.25) is 0 Å². The predicted molar refractivity (Wildman–Crippen MR) is 83.8 cm³/mol. The van der Waals surface area contributed by atoms with Gasteiger partial charge in [0.25, 0.3) is 0 Å². The van der Waals surface area contributed by atoms with E-state index in [0.29, 0.717) is 12.0 Å². The van der Waals surface area contributed by atoms with Crippen LogP contribution in [-0.4, -0.2) is 29.5 Å². The van der Waals surface area contributed by atoms with E-state index in [9.17, 15) is 0 Å². The van der Waals surface area contributed by atoms with Crippen LogP contribution >= 0.6 is 11.6 Å². The molecule has 0 saturated heterocycles. The molecule has 1 unspecified atom stereocenters. The second kappa shape index (κ2) is 7.71. The molecular formula is C15H26ClN3. The highest BCUT2D eigenvalue weighted by molar-refractivity contribution is 6.31. The van der Waals surface area contributed by atoms with Gasteiger partial charge in [-0.2, -0.15) is 0 Å². The largest absolute Gasteiger partial charge is 0.370 e. The zero-order valence-electron chi connectivity index (χ0n) is 12.7. The van der Waals surface area contributed by atoms with Gasteiger partial charge in [0.15, 0.2) is 0 Å². The Labute approximate surface area is 122 Å². The first-order valence-corrected chi connectivity index (χ1v) is 7.43. The van der Waals surface area contributed by atoms with Crippen LogP contribution in [0.4, 0.5) is 5.82 Å². The lowest BCUT2D eigenvalue weighted by atomic mass is 10.1. The third kappa shape index (κ3) is 5.00. The van der Waals surface area contributed by atoms with Crippen LogP contribution in [0, 0.1) is 5.92 Å². The Balaban J connectivity index is 2.76. The summed E-state index contributed by atoms with van der Waals surface area (Å²) in [5, 5.41) is 4.04. The average molecular weight is 284 g/mol. The first-order valence-electron chi connectivity index (χ1n) is 7.05. The molecule has 0 aliphatic rings. The number of nitrogens with one attached hydrogen (secondary N) is 1. The summed E-state index contributed by atoms with van der Waals surface area (Å²) in [5.41, 5.74) is 0.942. The molecule has 108 valence electrons. The predicted octanol–water partition coefficient (Wildman–Crippen LogP) is 4.03. The van der Waals surface area contributed by atoms with E-state index in [0.717, 1.165) is 36.0 Å². The van der Waals surface area contributed by atoms with Crippen LogP contribution in [0.2, 0.25) is 5.02 Å². The minimum atomic E-state index is 0.505. The van der Waals surface area contributed by atoms with Crippen LogP contribution in [0.25, 0.3) is 0 Å². The minimum Gasteiger partial charge on any atom is -0.370 e. The zero-order valence-corrected chi connectivity index (χ0v) is 13.5. The van der Waals surface area contributed by atoms with Crippen molar-refractivity contribution in [3.63, 3.8) is 0 Å². The Bertz CT molecular complexity index is 393. The number of nitrogens with zero attached hydrogens (tertiary/aromatic N) is 2. The lowest BCUT2D eigenvalue weighted by Crippen LogP contribution is -2.33. The summed E-state index contributed by atoms with van der Waals surface area (Å²) >= 11 is 6.24. The van der Waals surface area contributed by atoms with Crippen molar-refractivity contribution in [3.05, 3.63) is 22.8 Å². The zero-order chi connectivity index (χ0) is 14.4. The van der Waals surface area contributed by atoms with E-state index in [1.165, 1.54) is 0 Å². The molecule has 1 atom stereocenters. The van der Waals surface area contributed by atoms with Crippen molar-refractivity contribution >= 4 is 17.4 Å². The lowest BCUT2D eigenvalue weighted by molar-refractivity contribution is 0.198. The minimum absolute atomic E-state index is 0.505. The van der Waals surface area contributed by atoms with Crippen molar-refractivity contribution in [2.45, 2.75) is 46.7 Å². The van der Waals surface area contributed by atoms with Gasteiger partial charge in [-0.15, -0.1) is 0 Å².